The first-order valence-corrected chi connectivity index (χ1v) is 8.93. The van der Waals surface area contributed by atoms with Gasteiger partial charge in [-0.3, -0.25) is 0 Å². The van der Waals surface area contributed by atoms with Crippen LogP contribution in [0, 0.1) is 9.49 Å². The van der Waals surface area contributed by atoms with E-state index in [2.05, 4.69) is 55.6 Å². The van der Waals surface area contributed by atoms with Crippen molar-refractivity contribution in [1.29, 1.82) is 0 Å². The molecule has 112 valence electrons. The van der Waals surface area contributed by atoms with Gasteiger partial charge in [0.25, 0.3) is 5.89 Å². The Kier molecular flexibility index (Phi) is 4.38. The lowest BCUT2D eigenvalue weighted by Crippen LogP contribution is -2.41. The summed E-state index contributed by atoms with van der Waals surface area (Å²) < 4.78 is 7.54. The van der Waals surface area contributed by atoms with Crippen molar-refractivity contribution in [2.75, 3.05) is 0 Å². The van der Waals surface area contributed by atoms with Gasteiger partial charge in [-0.05, 0) is 72.4 Å². The van der Waals surface area contributed by atoms with E-state index >= 15 is 0 Å². The predicted molar refractivity (Wildman–Crippen MR) is 93.6 cm³/mol. The van der Waals surface area contributed by atoms with E-state index in [1.807, 2.05) is 18.2 Å². The normalized spacial score (nSPS) is 26.0. The lowest BCUT2D eigenvalue weighted by atomic mass is 9.77. The molecule has 0 amide bonds. The standard InChI is InChI=1S/C15H17BrIN3O/c1-9-4-6-15(18,7-5-9)14-19-13(21-20-14)11-8-10(16)2-3-12(11)17/h2-3,8-9H,4-7,18H2,1H3. The average Bonchev–Trinajstić information content (AvgIpc) is 2.95. The van der Waals surface area contributed by atoms with Crippen LogP contribution in [0.2, 0.25) is 0 Å². The van der Waals surface area contributed by atoms with Crippen LogP contribution in [0.1, 0.15) is 38.4 Å². The van der Waals surface area contributed by atoms with Crippen LogP contribution in [0.4, 0.5) is 0 Å². The van der Waals surface area contributed by atoms with Crippen LogP contribution in [0.25, 0.3) is 11.5 Å². The molecule has 1 aliphatic rings. The van der Waals surface area contributed by atoms with E-state index in [1.165, 1.54) is 0 Å². The molecule has 2 aromatic rings. The van der Waals surface area contributed by atoms with Crippen LogP contribution in [0.15, 0.2) is 27.2 Å². The summed E-state index contributed by atoms with van der Waals surface area (Å²) >= 11 is 5.75. The second-order valence-electron chi connectivity index (χ2n) is 5.89. The Morgan fingerprint density at radius 3 is 2.81 bits per heavy atom. The van der Waals surface area contributed by atoms with Gasteiger partial charge in [-0.1, -0.05) is 28.0 Å². The number of hydrogen-bond donors (Lipinski definition) is 1. The fourth-order valence-electron chi connectivity index (χ4n) is 2.70. The van der Waals surface area contributed by atoms with Crippen LogP contribution in [0.3, 0.4) is 0 Å². The monoisotopic (exact) mass is 461 g/mol. The minimum Gasteiger partial charge on any atom is -0.334 e. The van der Waals surface area contributed by atoms with Crippen LogP contribution in [0.5, 0.6) is 0 Å². The number of nitrogens with two attached hydrogens (primary N) is 1. The summed E-state index contributed by atoms with van der Waals surface area (Å²) in [4.78, 5) is 4.57. The van der Waals surface area contributed by atoms with E-state index in [0.29, 0.717) is 11.7 Å². The Labute approximate surface area is 146 Å². The molecule has 0 radical (unpaired) electrons. The molecule has 0 unspecified atom stereocenters. The number of hydrogen-bond acceptors (Lipinski definition) is 4. The molecule has 2 N–H and O–H groups in total. The Hall–Kier alpha value is -0.470. The molecule has 1 heterocycles. The number of nitrogens with zero attached hydrogens (tertiary/aromatic N) is 2. The van der Waals surface area contributed by atoms with Crippen LogP contribution in [-0.2, 0) is 5.54 Å². The van der Waals surface area contributed by atoms with Crippen molar-refractivity contribution < 1.29 is 4.52 Å². The molecule has 0 atom stereocenters. The molecule has 0 spiro atoms. The van der Waals surface area contributed by atoms with Gasteiger partial charge in [0.1, 0.15) is 0 Å². The number of benzene rings is 1. The molecule has 21 heavy (non-hydrogen) atoms. The van der Waals surface area contributed by atoms with E-state index in [9.17, 15) is 0 Å². The zero-order valence-corrected chi connectivity index (χ0v) is 15.5. The molecule has 4 nitrogen and oxygen atoms in total. The lowest BCUT2D eigenvalue weighted by molar-refractivity contribution is 0.230. The summed E-state index contributed by atoms with van der Waals surface area (Å²) in [6.45, 7) is 2.27. The van der Waals surface area contributed by atoms with Crippen molar-refractivity contribution in [2.45, 2.75) is 38.1 Å². The van der Waals surface area contributed by atoms with E-state index < -0.39 is 5.54 Å². The summed E-state index contributed by atoms with van der Waals surface area (Å²) in [5, 5.41) is 4.15. The lowest BCUT2D eigenvalue weighted by Gasteiger charge is -2.33. The van der Waals surface area contributed by atoms with Crippen LogP contribution < -0.4 is 5.73 Å². The molecular weight excluding hydrogens is 445 g/mol. The third kappa shape index (κ3) is 3.17. The third-order valence-electron chi connectivity index (χ3n) is 4.20. The molecule has 1 aliphatic carbocycles. The fraction of sp³-hybridized carbons (Fsp3) is 0.467. The fourth-order valence-corrected chi connectivity index (χ4v) is 3.62. The summed E-state index contributed by atoms with van der Waals surface area (Å²) in [5.41, 5.74) is 7.01. The first-order chi connectivity index (χ1) is 9.98. The molecule has 0 saturated heterocycles. The summed E-state index contributed by atoms with van der Waals surface area (Å²) in [6, 6.07) is 6.01. The molecule has 6 heteroatoms. The highest BCUT2D eigenvalue weighted by molar-refractivity contribution is 14.1. The van der Waals surface area contributed by atoms with Gasteiger partial charge in [0, 0.05) is 8.04 Å². The Morgan fingerprint density at radius 1 is 1.38 bits per heavy atom. The van der Waals surface area contributed by atoms with Gasteiger partial charge in [0.15, 0.2) is 5.82 Å². The maximum Gasteiger partial charge on any atom is 0.259 e. The largest absolute Gasteiger partial charge is 0.334 e. The maximum absolute atomic E-state index is 6.51. The highest BCUT2D eigenvalue weighted by atomic mass is 127. The highest BCUT2D eigenvalue weighted by Gasteiger charge is 2.36. The summed E-state index contributed by atoms with van der Waals surface area (Å²) in [6.07, 6.45) is 4.08. The first-order valence-electron chi connectivity index (χ1n) is 7.06. The SMILES string of the molecule is CC1CCC(N)(c2noc(-c3cc(Br)ccc3I)n2)CC1. The Balaban J connectivity index is 1.91. The summed E-state index contributed by atoms with van der Waals surface area (Å²) in [7, 11) is 0. The topological polar surface area (TPSA) is 64.9 Å². The van der Waals surface area contributed by atoms with Crippen LogP contribution >= 0.6 is 38.5 Å². The van der Waals surface area contributed by atoms with Crippen LogP contribution in [-0.4, -0.2) is 10.1 Å². The van der Waals surface area contributed by atoms with Crippen molar-refractivity contribution in [1.82, 2.24) is 10.1 Å². The van der Waals surface area contributed by atoms with E-state index in [-0.39, 0.29) is 0 Å². The van der Waals surface area contributed by atoms with Crippen molar-refractivity contribution >= 4 is 38.5 Å². The average molecular weight is 462 g/mol. The van der Waals surface area contributed by atoms with Gasteiger partial charge in [-0.25, -0.2) is 0 Å². The molecule has 1 aromatic heterocycles. The minimum absolute atomic E-state index is 0.439. The molecule has 3 rings (SSSR count). The van der Waals surface area contributed by atoms with Gasteiger partial charge in [-0.2, -0.15) is 4.98 Å². The molecule has 1 saturated carbocycles. The molecular formula is C15H17BrIN3O. The van der Waals surface area contributed by atoms with Gasteiger partial charge in [0.05, 0.1) is 11.1 Å². The van der Waals surface area contributed by atoms with Gasteiger partial charge in [0.2, 0.25) is 0 Å². The second kappa shape index (κ2) is 5.96. The molecule has 0 bridgehead atoms. The van der Waals surface area contributed by atoms with Crippen molar-refractivity contribution in [3.63, 3.8) is 0 Å². The van der Waals surface area contributed by atoms with Crippen molar-refractivity contribution in [2.24, 2.45) is 11.7 Å². The Morgan fingerprint density at radius 2 is 2.10 bits per heavy atom. The van der Waals surface area contributed by atoms with E-state index in [0.717, 1.165) is 45.2 Å². The van der Waals surface area contributed by atoms with Crippen molar-refractivity contribution in [3.8, 4) is 11.5 Å². The molecule has 0 aliphatic heterocycles. The van der Waals surface area contributed by atoms with Crippen molar-refractivity contribution in [3.05, 3.63) is 32.1 Å². The highest BCUT2D eigenvalue weighted by Crippen LogP contribution is 2.37. The minimum atomic E-state index is -0.439. The van der Waals surface area contributed by atoms with E-state index in [4.69, 9.17) is 10.3 Å². The predicted octanol–water partition coefficient (Wildman–Crippen LogP) is 4.47. The quantitative estimate of drug-likeness (QED) is 0.670. The number of aromatic nitrogens is 2. The number of rotatable bonds is 2. The maximum atomic E-state index is 6.51. The zero-order valence-electron chi connectivity index (χ0n) is 11.8. The van der Waals surface area contributed by atoms with Gasteiger partial charge < -0.3 is 10.3 Å². The molecule has 1 fully saturated rings. The molecule has 1 aromatic carbocycles. The third-order valence-corrected chi connectivity index (χ3v) is 5.63. The number of halogens is 2. The first kappa shape index (κ1) is 15.4. The van der Waals surface area contributed by atoms with Gasteiger partial charge >= 0.3 is 0 Å². The Bertz CT molecular complexity index is 650. The zero-order chi connectivity index (χ0) is 15.0. The summed E-state index contributed by atoms with van der Waals surface area (Å²) in [5.74, 6) is 1.92. The second-order valence-corrected chi connectivity index (χ2v) is 7.96. The smallest absolute Gasteiger partial charge is 0.259 e. The van der Waals surface area contributed by atoms with Gasteiger partial charge in [-0.15, -0.1) is 0 Å². The van der Waals surface area contributed by atoms with E-state index in [1.54, 1.807) is 0 Å².